The number of hydrogen-bond donors (Lipinski definition) is 0. The molecule has 2 bridgehead atoms. The predicted molar refractivity (Wildman–Crippen MR) is 81.4 cm³/mol. The second-order valence-corrected chi connectivity index (χ2v) is 6.62. The molecule has 6 nitrogen and oxygen atoms in total. The number of nitrogens with zero attached hydrogens (tertiary/aromatic N) is 1. The topological polar surface area (TPSA) is 65.1 Å². The van der Waals surface area contributed by atoms with Gasteiger partial charge in [0.05, 0.1) is 37.7 Å². The van der Waals surface area contributed by atoms with Crippen LogP contribution in [0.5, 0.6) is 0 Å². The summed E-state index contributed by atoms with van der Waals surface area (Å²) in [5.74, 6) is -1.39. The molecule has 4 atom stereocenters. The Kier molecular flexibility index (Phi) is 2.98. The van der Waals surface area contributed by atoms with Gasteiger partial charge in [0.25, 0.3) is 0 Å². The molecule has 6 heteroatoms. The normalized spacial score (nSPS) is 37.7. The van der Waals surface area contributed by atoms with Crippen LogP contribution in [0.4, 0.5) is 0 Å². The van der Waals surface area contributed by atoms with Gasteiger partial charge in [-0.3, -0.25) is 14.5 Å². The molecule has 4 heterocycles. The number of imide groups is 1. The number of hydrogen-bond acceptors (Lipinski definition) is 5. The Bertz CT molecular complexity index is 726. The van der Waals surface area contributed by atoms with E-state index < -0.39 is 23.7 Å². The van der Waals surface area contributed by atoms with Crippen LogP contribution in [-0.4, -0.2) is 47.9 Å². The first-order valence-corrected chi connectivity index (χ1v) is 8.20. The van der Waals surface area contributed by atoms with E-state index in [0.29, 0.717) is 19.8 Å². The molecule has 0 radical (unpaired) electrons. The highest BCUT2D eigenvalue weighted by atomic mass is 16.7. The van der Waals surface area contributed by atoms with Gasteiger partial charge in [0.2, 0.25) is 11.8 Å². The van der Waals surface area contributed by atoms with Gasteiger partial charge in [0.1, 0.15) is 0 Å². The van der Waals surface area contributed by atoms with E-state index >= 15 is 0 Å². The smallest absolute Gasteiger partial charge is 0.237 e. The number of ether oxygens (including phenoxy) is 3. The first kappa shape index (κ1) is 14.3. The standard InChI is InChI=1S/C18H17NO5/c20-15-13-12-6-7-18(24-12,17-22-8-9-23-17)14(13)16(21)19(15)10-11-4-2-1-3-5-11/h1-7,12-14,17H,8-10H2/t12-,13+,14+,18-/m1/s1. The number of carbonyl (C=O) groups is 2. The Morgan fingerprint density at radius 2 is 1.83 bits per heavy atom. The lowest BCUT2D eigenvalue weighted by Crippen LogP contribution is -2.49. The Hall–Kier alpha value is -2.02. The second kappa shape index (κ2) is 4.99. The maximum atomic E-state index is 13.0. The Morgan fingerprint density at radius 1 is 1.08 bits per heavy atom. The average Bonchev–Trinajstić information content (AvgIpc) is 3.36. The molecule has 0 unspecified atom stereocenters. The van der Waals surface area contributed by atoms with Gasteiger partial charge in [0.15, 0.2) is 11.9 Å². The van der Waals surface area contributed by atoms with Crippen molar-refractivity contribution in [2.75, 3.05) is 13.2 Å². The summed E-state index contributed by atoms with van der Waals surface area (Å²) in [5, 5.41) is 0. The van der Waals surface area contributed by atoms with Crippen LogP contribution in [0, 0.1) is 11.8 Å². The van der Waals surface area contributed by atoms with Crippen LogP contribution in [-0.2, 0) is 30.3 Å². The van der Waals surface area contributed by atoms with Crippen LogP contribution in [0.15, 0.2) is 42.5 Å². The second-order valence-electron chi connectivity index (χ2n) is 6.62. The Morgan fingerprint density at radius 3 is 2.58 bits per heavy atom. The highest BCUT2D eigenvalue weighted by Crippen LogP contribution is 2.54. The number of likely N-dealkylation sites (tertiary alicyclic amines) is 1. The molecular formula is C18H17NO5. The fraction of sp³-hybridized carbons (Fsp3) is 0.444. The van der Waals surface area contributed by atoms with Crippen molar-refractivity contribution < 1.29 is 23.8 Å². The van der Waals surface area contributed by atoms with E-state index in [0.717, 1.165) is 5.56 Å². The minimum Gasteiger partial charge on any atom is -0.357 e. The molecule has 1 aromatic carbocycles. The van der Waals surface area contributed by atoms with Gasteiger partial charge in [-0.1, -0.05) is 36.4 Å². The van der Waals surface area contributed by atoms with Crippen LogP contribution < -0.4 is 0 Å². The summed E-state index contributed by atoms with van der Waals surface area (Å²) in [6, 6.07) is 9.54. The van der Waals surface area contributed by atoms with E-state index in [2.05, 4.69) is 0 Å². The summed E-state index contributed by atoms with van der Waals surface area (Å²) < 4.78 is 17.3. The fourth-order valence-electron chi connectivity index (χ4n) is 4.31. The van der Waals surface area contributed by atoms with E-state index in [-0.39, 0.29) is 17.9 Å². The molecule has 5 rings (SSSR count). The lowest BCUT2D eigenvalue weighted by Gasteiger charge is -2.32. The molecule has 4 aliphatic heterocycles. The number of benzene rings is 1. The van der Waals surface area contributed by atoms with Gasteiger partial charge in [-0.05, 0) is 11.6 Å². The van der Waals surface area contributed by atoms with E-state index in [4.69, 9.17) is 14.2 Å². The van der Waals surface area contributed by atoms with Crippen LogP contribution in [0.3, 0.4) is 0 Å². The quantitative estimate of drug-likeness (QED) is 0.609. The zero-order valence-corrected chi connectivity index (χ0v) is 13.0. The van der Waals surface area contributed by atoms with Crippen LogP contribution >= 0.6 is 0 Å². The first-order valence-electron chi connectivity index (χ1n) is 8.20. The van der Waals surface area contributed by atoms with Crippen LogP contribution in [0.25, 0.3) is 0 Å². The third-order valence-electron chi connectivity index (χ3n) is 5.34. The lowest BCUT2D eigenvalue weighted by molar-refractivity contribution is -0.183. The maximum absolute atomic E-state index is 13.0. The molecule has 3 fully saturated rings. The van der Waals surface area contributed by atoms with Crippen molar-refractivity contribution in [2.24, 2.45) is 11.8 Å². The van der Waals surface area contributed by atoms with Crippen molar-refractivity contribution in [3.05, 3.63) is 48.0 Å². The van der Waals surface area contributed by atoms with E-state index in [1.54, 1.807) is 0 Å². The summed E-state index contributed by atoms with van der Waals surface area (Å²) in [6.07, 6.45) is 2.72. The zero-order valence-electron chi connectivity index (χ0n) is 13.0. The van der Waals surface area contributed by atoms with E-state index in [1.807, 2.05) is 42.5 Å². The number of fused-ring (bicyclic) bond motifs is 5. The van der Waals surface area contributed by atoms with E-state index in [1.165, 1.54) is 4.90 Å². The summed E-state index contributed by atoms with van der Waals surface area (Å²) in [6.45, 7) is 1.24. The largest absolute Gasteiger partial charge is 0.357 e. The van der Waals surface area contributed by atoms with Crippen molar-refractivity contribution in [3.8, 4) is 0 Å². The molecule has 4 aliphatic rings. The first-order chi connectivity index (χ1) is 11.7. The third-order valence-corrected chi connectivity index (χ3v) is 5.34. The van der Waals surface area contributed by atoms with Crippen molar-refractivity contribution in [3.63, 3.8) is 0 Å². The maximum Gasteiger partial charge on any atom is 0.237 e. The summed E-state index contributed by atoms with van der Waals surface area (Å²) in [5.41, 5.74) is -0.0351. The minimum atomic E-state index is -0.968. The lowest BCUT2D eigenvalue weighted by atomic mass is 9.76. The van der Waals surface area contributed by atoms with Gasteiger partial charge >= 0.3 is 0 Å². The van der Waals surface area contributed by atoms with Crippen molar-refractivity contribution >= 4 is 11.8 Å². The van der Waals surface area contributed by atoms with Gasteiger partial charge in [0, 0.05) is 0 Å². The molecular weight excluding hydrogens is 310 g/mol. The summed E-state index contributed by atoms with van der Waals surface area (Å²) in [4.78, 5) is 27.2. The molecule has 0 spiro atoms. The molecule has 1 aromatic rings. The van der Waals surface area contributed by atoms with Crippen molar-refractivity contribution in [1.82, 2.24) is 4.90 Å². The summed E-state index contributed by atoms with van der Waals surface area (Å²) in [7, 11) is 0. The van der Waals surface area contributed by atoms with Crippen LogP contribution in [0.2, 0.25) is 0 Å². The third kappa shape index (κ3) is 1.76. The highest BCUT2D eigenvalue weighted by molar-refractivity contribution is 6.07. The van der Waals surface area contributed by atoms with Crippen LogP contribution in [0.1, 0.15) is 5.56 Å². The fourth-order valence-corrected chi connectivity index (χ4v) is 4.31. The molecule has 24 heavy (non-hydrogen) atoms. The molecule has 2 amide bonds. The van der Waals surface area contributed by atoms with E-state index in [9.17, 15) is 9.59 Å². The zero-order chi connectivity index (χ0) is 16.3. The number of amides is 2. The molecule has 0 aromatic heterocycles. The molecule has 124 valence electrons. The Labute approximate surface area is 139 Å². The SMILES string of the molecule is O=C1[C@@H]2[C@@H](C(=O)N1Cc1ccccc1)[C@@]1(C3OCCO3)C=C[C@H]2O1. The van der Waals surface area contributed by atoms with Gasteiger partial charge in [-0.2, -0.15) is 0 Å². The minimum absolute atomic E-state index is 0.164. The number of rotatable bonds is 3. The summed E-state index contributed by atoms with van der Waals surface area (Å²) >= 11 is 0. The molecule has 3 saturated heterocycles. The highest BCUT2D eigenvalue weighted by Gasteiger charge is 2.71. The van der Waals surface area contributed by atoms with Gasteiger partial charge in [-0.15, -0.1) is 0 Å². The predicted octanol–water partition coefficient (Wildman–Crippen LogP) is 0.868. The molecule has 0 aliphatic carbocycles. The van der Waals surface area contributed by atoms with Gasteiger partial charge in [-0.25, -0.2) is 0 Å². The molecule has 0 saturated carbocycles. The van der Waals surface area contributed by atoms with Crippen molar-refractivity contribution in [1.29, 1.82) is 0 Å². The Balaban J connectivity index is 1.48. The number of carbonyl (C=O) groups excluding carboxylic acids is 2. The monoisotopic (exact) mass is 327 g/mol. The average molecular weight is 327 g/mol. The van der Waals surface area contributed by atoms with Gasteiger partial charge < -0.3 is 14.2 Å². The van der Waals surface area contributed by atoms with Crippen molar-refractivity contribution in [2.45, 2.75) is 24.5 Å². The molecule has 0 N–H and O–H groups in total.